The van der Waals surface area contributed by atoms with Crippen LogP contribution in [0.15, 0.2) is 30.5 Å². The van der Waals surface area contributed by atoms with Gasteiger partial charge in [0.25, 0.3) is 0 Å². The SMILES string of the molecule is CC(=O)c1c(-c2ccc(C)cc2)cn(C2CC2)c1C. The summed E-state index contributed by atoms with van der Waals surface area (Å²) in [7, 11) is 0. The number of carbonyl (C=O) groups excluding carboxylic acids is 1. The van der Waals surface area contributed by atoms with Crippen LogP contribution in [-0.4, -0.2) is 10.4 Å². The number of carbonyl (C=O) groups is 1. The number of nitrogens with zero attached hydrogens (tertiary/aromatic N) is 1. The summed E-state index contributed by atoms with van der Waals surface area (Å²) in [5.41, 5.74) is 5.46. The van der Waals surface area contributed by atoms with Gasteiger partial charge in [-0.3, -0.25) is 4.79 Å². The third-order valence-corrected chi connectivity index (χ3v) is 3.94. The molecule has 1 saturated carbocycles. The van der Waals surface area contributed by atoms with Crippen LogP contribution >= 0.6 is 0 Å². The van der Waals surface area contributed by atoms with Gasteiger partial charge in [-0.1, -0.05) is 29.8 Å². The lowest BCUT2D eigenvalue weighted by atomic mass is 10.00. The van der Waals surface area contributed by atoms with Gasteiger partial charge in [-0.15, -0.1) is 0 Å². The molecule has 0 N–H and O–H groups in total. The lowest BCUT2D eigenvalue weighted by Gasteiger charge is -2.03. The van der Waals surface area contributed by atoms with Crippen LogP contribution in [0.4, 0.5) is 0 Å². The molecule has 0 saturated heterocycles. The number of Topliss-reactive ketones (excluding diaryl/α,β-unsaturated/α-hetero) is 1. The van der Waals surface area contributed by atoms with Gasteiger partial charge in [0.15, 0.2) is 5.78 Å². The maximum Gasteiger partial charge on any atom is 0.162 e. The van der Waals surface area contributed by atoms with E-state index in [9.17, 15) is 4.79 Å². The molecule has 2 aromatic rings. The Kier molecular flexibility index (Phi) is 2.81. The van der Waals surface area contributed by atoms with Crippen molar-refractivity contribution in [1.82, 2.24) is 4.57 Å². The van der Waals surface area contributed by atoms with Gasteiger partial charge >= 0.3 is 0 Å². The minimum Gasteiger partial charge on any atom is -0.347 e. The molecule has 0 unspecified atom stereocenters. The summed E-state index contributed by atoms with van der Waals surface area (Å²) in [6, 6.07) is 9.02. The molecule has 2 heteroatoms. The van der Waals surface area contributed by atoms with Crippen molar-refractivity contribution < 1.29 is 4.79 Å². The van der Waals surface area contributed by atoms with E-state index >= 15 is 0 Å². The number of benzene rings is 1. The number of hydrogen-bond donors (Lipinski definition) is 0. The van der Waals surface area contributed by atoms with E-state index in [2.05, 4.69) is 48.9 Å². The van der Waals surface area contributed by atoms with Crippen LogP contribution in [0.2, 0.25) is 0 Å². The fraction of sp³-hybridized carbons (Fsp3) is 0.353. The van der Waals surface area contributed by atoms with E-state index in [1.807, 2.05) is 0 Å². The Labute approximate surface area is 114 Å². The van der Waals surface area contributed by atoms with Crippen LogP contribution in [0.1, 0.15) is 47.4 Å². The normalized spacial score (nSPS) is 14.7. The zero-order valence-corrected chi connectivity index (χ0v) is 11.7. The maximum atomic E-state index is 12.0. The van der Waals surface area contributed by atoms with E-state index < -0.39 is 0 Å². The van der Waals surface area contributed by atoms with Crippen molar-refractivity contribution in [2.45, 2.75) is 39.7 Å². The molecule has 1 aromatic carbocycles. The smallest absolute Gasteiger partial charge is 0.162 e. The van der Waals surface area contributed by atoms with Crippen LogP contribution in [-0.2, 0) is 0 Å². The minimum absolute atomic E-state index is 0.160. The first-order chi connectivity index (χ1) is 9.08. The molecule has 3 rings (SSSR count). The number of aromatic nitrogens is 1. The summed E-state index contributed by atoms with van der Waals surface area (Å²) in [5, 5.41) is 0. The van der Waals surface area contributed by atoms with Crippen molar-refractivity contribution in [3.63, 3.8) is 0 Å². The molecule has 1 aromatic heterocycles. The van der Waals surface area contributed by atoms with Crippen LogP contribution in [0.3, 0.4) is 0 Å². The van der Waals surface area contributed by atoms with Gasteiger partial charge in [0, 0.05) is 29.1 Å². The number of aryl methyl sites for hydroxylation is 1. The van der Waals surface area contributed by atoms with E-state index in [1.54, 1.807) is 6.92 Å². The Balaban J connectivity index is 2.16. The molecule has 1 aliphatic rings. The van der Waals surface area contributed by atoms with E-state index in [0.717, 1.165) is 22.4 Å². The topological polar surface area (TPSA) is 22.0 Å². The van der Waals surface area contributed by atoms with Crippen LogP contribution in [0.5, 0.6) is 0 Å². The lowest BCUT2D eigenvalue weighted by molar-refractivity contribution is 0.101. The average Bonchev–Trinajstić information content (AvgIpc) is 3.14. The highest BCUT2D eigenvalue weighted by atomic mass is 16.1. The first kappa shape index (κ1) is 12.2. The zero-order valence-electron chi connectivity index (χ0n) is 11.7. The summed E-state index contributed by atoms with van der Waals surface area (Å²) in [6.07, 6.45) is 4.63. The predicted molar refractivity (Wildman–Crippen MR) is 77.6 cm³/mol. The van der Waals surface area contributed by atoms with Crippen molar-refractivity contribution in [3.05, 3.63) is 47.3 Å². The van der Waals surface area contributed by atoms with Crippen molar-refractivity contribution >= 4 is 5.78 Å². The molecule has 0 spiro atoms. The molecule has 1 heterocycles. The number of ketones is 1. The highest BCUT2D eigenvalue weighted by Gasteiger charge is 2.28. The zero-order chi connectivity index (χ0) is 13.6. The fourth-order valence-corrected chi connectivity index (χ4v) is 2.75. The van der Waals surface area contributed by atoms with Crippen LogP contribution < -0.4 is 0 Å². The second-order valence-electron chi connectivity index (χ2n) is 5.56. The first-order valence-electron chi connectivity index (χ1n) is 6.87. The molecule has 2 nitrogen and oxygen atoms in total. The van der Waals surface area contributed by atoms with E-state index in [-0.39, 0.29) is 5.78 Å². The van der Waals surface area contributed by atoms with E-state index in [1.165, 1.54) is 18.4 Å². The minimum atomic E-state index is 0.160. The second kappa shape index (κ2) is 4.37. The summed E-state index contributed by atoms with van der Waals surface area (Å²) >= 11 is 0. The van der Waals surface area contributed by atoms with Crippen molar-refractivity contribution in [2.75, 3.05) is 0 Å². The third-order valence-electron chi connectivity index (χ3n) is 3.94. The Bertz CT molecular complexity index is 630. The molecule has 0 aliphatic heterocycles. The van der Waals surface area contributed by atoms with Crippen molar-refractivity contribution in [1.29, 1.82) is 0 Å². The summed E-state index contributed by atoms with van der Waals surface area (Å²) < 4.78 is 2.28. The molecule has 98 valence electrons. The predicted octanol–water partition coefficient (Wildman–Crippen LogP) is 4.31. The Morgan fingerprint density at radius 1 is 1.16 bits per heavy atom. The highest BCUT2D eigenvalue weighted by molar-refractivity contribution is 6.02. The van der Waals surface area contributed by atoms with Gasteiger partial charge in [0.2, 0.25) is 0 Å². The lowest BCUT2D eigenvalue weighted by Crippen LogP contribution is -1.99. The highest BCUT2D eigenvalue weighted by Crippen LogP contribution is 2.40. The monoisotopic (exact) mass is 253 g/mol. The largest absolute Gasteiger partial charge is 0.347 e. The molecule has 1 aliphatic carbocycles. The Morgan fingerprint density at radius 3 is 2.32 bits per heavy atom. The van der Waals surface area contributed by atoms with Gasteiger partial charge in [-0.2, -0.15) is 0 Å². The summed E-state index contributed by atoms with van der Waals surface area (Å²) in [6.45, 7) is 5.81. The van der Waals surface area contributed by atoms with E-state index in [0.29, 0.717) is 6.04 Å². The third kappa shape index (κ3) is 2.12. The van der Waals surface area contributed by atoms with Crippen molar-refractivity contribution in [3.8, 4) is 11.1 Å². The van der Waals surface area contributed by atoms with Gasteiger partial charge in [0.05, 0.1) is 0 Å². The number of hydrogen-bond acceptors (Lipinski definition) is 1. The molecular weight excluding hydrogens is 234 g/mol. The van der Waals surface area contributed by atoms with Gasteiger partial charge < -0.3 is 4.57 Å². The standard InChI is InChI=1S/C17H19NO/c1-11-4-6-14(7-5-11)16-10-18(15-8-9-15)12(2)17(16)13(3)19/h4-7,10,15H,8-9H2,1-3H3. The summed E-state index contributed by atoms with van der Waals surface area (Å²) in [5.74, 6) is 0.160. The quantitative estimate of drug-likeness (QED) is 0.747. The van der Waals surface area contributed by atoms with Gasteiger partial charge in [-0.25, -0.2) is 0 Å². The van der Waals surface area contributed by atoms with E-state index in [4.69, 9.17) is 0 Å². The molecule has 0 radical (unpaired) electrons. The number of rotatable bonds is 3. The van der Waals surface area contributed by atoms with Gasteiger partial charge in [0.1, 0.15) is 0 Å². The van der Waals surface area contributed by atoms with Crippen molar-refractivity contribution in [2.24, 2.45) is 0 Å². The van der Waals surface area contributed by atoms with Crippen LogP contribution in [0, 0.1) is 13.8 Å². The molecule has 0 amide bonds. The van der Waals surface area contributed by atoms with Crippen LogP contribution in [0.25, 0.3) is 11.1 Å². The maximum absolute atomic E-state index is 12.0. The molecule has 0 bridgehead atoms. The van der Waals surface area contributed by atoms with Gasteiger partial charge in [-0.05, 0) is 39.2 Å². The first-order valence-corrected chi connectivity index (χ1v) is 6.87. The fourth-order valence-electron chi connectivity index (χ4n) is 2.75. The Morgan fingerprint density at radius 2 is 1.79 bits per heavy atom. The Hall–Kier alpha value is -1.83. The second-order valence-corrected chi connectivity index (χ2v) is 5.56. The molecule has 0 atom stereocenters. The molecule has 19 heavy (non-hydrogen) atoms. The average molecular weight is 253 g/mol. The molecular formula is C17H19NO. The molecule has 1 fully saturated rings. The summed E-state index contributed by atoms with van der Waals surface area (Å²) in [4.78, 5) is 12.0.